The maximum atomic E-state index is 12.8. The largest absolute Gasteiger partial charge is 0.471 e. The van der Waals surface area contributed by atoms with Crippen LogP contribution in [0.15, 0.2) is 85.5 Å². The van der Waals surface area contributed by atoms with E-state index in [0.29, 0.717) is 35.8 Å². The molecule has 5 aromatic rings. The van der Waals surface area contributed by atoms with Gasteiger partial charge in [-0.25, -0.2) is 9.48 Å². The summed E-state index contributed by atoms with van der Waals surface area (Å²) in [6.45, 7) is 4.75. The molecule has 1 aliphatic heterocycles. The molecular weight excluding hydrogens is 496 g/mol. The van der Waals surface area contributed by atoms with Gasteiger partial charge in [0, 0.05) is 41.8 Å². The quantitative estimate of drug-likeness (QED) is 0.252. The SMILES string of the molecule is CC(C)N1COc2ccc(-n3nccc3NC(=O)Nc3ccc(Oc4ccnc(-c5cn[nH]c5)c4)cc3)cc21. The molecule has 196 valence electrons. The minimum Gasteiger partial charge on any atom is -0.471 e. The number of fused-ring (bicyclic) bond motifs is 1. The Kier molecular flexibility index (Phi) is 6.29. The summed E-state index contributed by atoms with van der Waals surface area (Å²) in [5, 5.41) is 16.9. The molecule has 0 unspecified atom stereocenters. The van der Waals surface area contributed by atoms with Crippen LogP contribution in [0.4, 0.5) is 22.0 Å². The van der Waals surface area contributed by atoms with E-state index in [2.05, 4.69) is 49.7 Å². The van der Waals surface area contributed by atoms with Gasteiger partial charge in [-0.05, 0) is 62.4 Å². The third-order valence-electron chi connectivity index (χ3n) is 6.24. The van der Waals surface area contributed by atoms with Gasteiger partial charge in [0.2, 0.25) is 0 Å². The van der Waals surface area contributed by atoms with Gasteiger partial charge in [0.1, 0.15) is 23.1 Å². The van der Waals surface area contributed by atoms with Crippen LogP contribution < -0.4 is 25.0 Å². The third kappa shape index (κ3) is 5.10. The van der Waals surface area contributed by atoms with Crippen molar-refractivity contribution in [2.75, 3.05) is 22.3 Å². The summed E-state index contributed by atoms with van der Waals surface area (Å²) < 4.78 is 13.4. The highest BCUT2D eigenvalue weighted by Gasteiger charge is 2.23. The fraction of sp³-hybridized carbons (Fsp3) is 0.143. The smallest absolute Gasteiger partial charge is 0.324 e. The molecule has 0 aliphatic carbocycles. The fourth-order valence-electron chi connectivity index (χ4n) is 4.27. The first-order chi connectivity index (χ1) is 19.0. The maximum absolute atomic E-state index is 12.8. The highest BCUT2D eigenvalue weighted by molar-refractivity contribution is 5.99. The van der Waals surface area contributed by atoms with Gasteiger partial charge < -0.3 is 19.7 Å². The second kappa shape index (κ2) is 10.2. The molecule has 4 heterocycles. The Morgan fingerprint density at radius 3 is 2.69 bits per heavy atom. The summed E-state index contributed by atoms with van der Waals surface area (Å²) >= 11 is 0. The number of carbonyl (C=O) groups excluding carboxylic acids is 1. The van der Waals surface area contributed by atoms with Gasteiger partial charge in [-0.2, -0.15) is 10.2 Å². The van der Waals surface area contributed by atoms with Crippen molar-refractivity contribution in [3.8, 4) is 34.2 Å². The van der Waals surface area contributed by atoms with Crippen LogP contribution in [-0.4, -0.2) is 43.8 Å². The van der Waals surface area contributed by atoms with Crippen LogP contribution in [0.2, 0.25) is 0 Å². The number of rotatable bonds is 7. The normalized spacial score (nSPS) is 12.2. The monoisotopic (exact) mass is 522 g/mol. The van der Waals surface area contributed by atoms with Gasteiger partial charge >= 0.3 is 6.03 Å². The Morgan fingerprint density at radius 2 is 1.90 bits per heavy atom. The summed E-state index contributed by atoms with van der Waals surface area (Å²) in [6, 6.07) is 18.2. The van der Waals surface area contributed by atoms with E-state index in [-0.39, 0.29) is 0 Å². The zero-order chi connectivity index (χ0) is 26.8. The molecule has 2 amide bonds. The van der Waals surface area contributed by atoms with Crippen molar-refractivity contribution in [1.82, 2.24) is 25.0 Å². The number of nitrogens with zero attached hydrogens (tertiary/aromatic N) is 5. The molecule has 11 nitrogen and oxygen atoms in total. The van der Waals surface area contributed by atoms with Crippen molar-refractivity contribution >= 4 is 23.2 Å². The third-order valence-corrected chi connectivity index (χ3v) is 6.24. The van der Waals surface area contributed by atoms with E-state index in [9.17, 15) is 4.79 Å². The summed E-state index contributed by atoms with van der Waals surface area (Å²) in [4.78, 5) is 19.3. The first-order valence-electron chi connectivity index (χ1n) is 12.4. The first kappa shape index (κ1) is 24.0. The molecule has 3 N–H and O–H groups in total. The Balaban J connectivity index is 1.10. The van der Waals surface area contributed by atoms with Crippen molar-refractivity contribution < 1.29 is 14.3 Å². The Bertz CT molecular complexity index is 1600. The van der Waals surface area contributed by atoms with E-state index in [1.165, 1.54) is 0 Å². The van der Waals surface area contributed by atoms with Crippen LogP contribution in [0.3, 0.4) is 0 Å². The van der Waals surface area contributed by atoms with Crippen LogP contribution in [0.5, 0.6) is 17.2 Å². The van der Waals surface area contributed by atoms with Crippen molar-refractivity contribution in [3.63, 3.8) is 0 Å². The first-order valence-corrected chi connectivity index (χ1v) is 12.4. The number of aromatic nitrogens is 5. The lowest BCUT2D eigenvalue weighted by Gasteiger charge is -2.21. The number of ether oxygens (including phenoxy) is 2. The lowest BCUT2D eigenvalue weighted by atomic mass is 10.2. The Labute approximate surface area is 224 Å². The van der Waals surface area contributed by atoms with Crippen molar-refractivity contribution in [1.29, 1.82) is 0 Å². The second-order valence-electron chi connectivity index (χ2n) is 9.19. The number of carbonyl (C=O) groups is 1. The number of pyridine rings is 1. The van der Waals surface area contributed by atoms with Crippen molar-refractivity contribution in [2.24, 2.45) is 0 Å². The molecule has 0 radical (unpaired) electrons. The van der Waals surface area contributed by atoms with E-state index in [0.717, 1.165) is 28.4 Å². The number of H-pyrrole nitrogens is 1. The van der Waals surface area contributed by atoms with Gasteiger partial charge in [-0.15, -0.1) is 0 Å². The zero-order valence-electron chi connectivity index (χ0n) is 21.3. The predicted octanol–water partition coefficient (Wildman–Crippen LogP) is 5.66. The number of amides is 2. The molecule has 39 heavy (non-hydrogen) atoms. The maximum Gasteiger partial charge on any atom is 0.324 e. The van der Waals surface area contributed by atoms with E-state index in [1.807, 2.05) is 24.3 Å². The zero-order valence-corrected chi connectivity index (χ0v) is 21.3. The molecule has 6 rings (SSSR count). The molecule has 0 bridgehead atoms. The number of urea groups is 1. The molecule has 0 spiro atoms. The molecule has 11 heteroatoms. The molecular formula is C28H26N8O3. The lowest BCUT2D eigenvalue weighted by molar-refractivity contribution is 0.262. The lowest BCUT2D eigenvalue weighted by Crippen LogP contribution is -2.29. The topological polar surface area (TPSA) is 122 Å². The highest BCUT2D eigenvalue weighted by Crippen LogP contribution is 2.37. The number of hydrogen-bond acceptors (Lipinski definition) is 7. The minimum atomic E-state index is -0.391. The minimum absolute atomic E-state index is 0.295. The average Bonchev–Trinajstić information content (AvgIpc) is 3.71. The van der Waals surface area contributed by atoms with Crippen molar-refractivity contribution in [2.45, 2.75) is 19.9 Å². The number of nitrogens with one attached hydrogen (secondary N) is 3. The molecule has 0 saturated carbocycles. The van der Waals surface area contributed by atoms with E-state index >= 15 is 0 Å². The second-order valence-corrected chi connectivity index (χ2v) is 9.19. The van der Waals surface area contributed by atoms with Gasteiger partial charge in [0.15, 0.2) is 6.73 Å². The van der Waals surface area contributed by atoms with Crippen LogP contribution in [0, 0.1) is 0 Å². The summed E-state index contributed by atoms with van der Waals surface area (Å²) in [5.74, 6) is 2.64. The average molecular weight is 523 g/mol. The summed E-state index contributed by atoms with van der Waals surface area (Å²) in [5.41, 5.74) is 4.05. The number of aromatic amines is 1. The predicted molar refractivity (Wildman–Crippen MR) is 148 cm³/mol. The standard InChI is InChI=1S/C28H26N8O3/c1-18(2)35-17-38-26-8-5-21(13-25(26)35)36-27(10-12-32-36)34-28(37)33-20-3-6-22(7-4-20)39-23-9-11-29-24(14-23)19-15-30-31-16-19/h3-16,18H,17H2,1-2H3,(H,30,31)(H2,33,34,37). The summed E-state index contributed by atoms with van der Waals surface area (Å²) in [7, 11) is 0. The van der Waals surface area contributed by atoms with Gasteiger partial charge in [-0.3, -0.25) is 15.4 Å². The van der Waals surface area contributed by atoms with Gasteiger partial charge in [0.05, 0.1) is 29.5 Å². The molecule has 3 aromatic heterocycles. The van der Waals surface area contributed by atoms with E-state index < -0.39 is 6.03 Å². The molecule has 0 fully saturated rings. The molecule has 2 aromatic carbocycles. The number of anilines is 3. The number of hydrogen-bond donors (Lipinski definition) is 3. The molecule has 0 saturated heterocycles. The Morgan fingerprint density at radius 1 is 1.03 bits per heavy atom. The van der Waals surface area contributed by atoms with Gasteiger partial charge in [-0.1, -0.05) is 0 Å². The van der Waals surface area contributed by atoms with Crippen LogP contribution in [0.25, 0.3) is 16.9 Å². The van der Waals surface area contributed by atoms with E-state index in [1.54, 1.807) is 65.9 Å². The van der Waals surface area contributed by atoms with Crippen LogP contribution in [-0.2, 0) is 0 Å². The molecule has 0 atom stereocenters. The van der Waals surface area contributed by atoms with Gasteiger partial charge in [0.25, 0.3) is 0 Å². The fourth-order valence-corrected chi connectivity index (χ4v) is 4.27. The van der Waals surface area contributed by atoms with Crippen LogP contribution in [0.1, 0.15) is 13.8 Å². The van der Waals surface area contributed by atoms with Crippen molar-refractivity contribution in [3.05, 3.63) is 85.5 Å². The van der Waals surface area contributed by atoms with Crippen LogP contribution >= 0.6 is 0 Å². The highest BCUT2D eigenvalue weighted by atomic mass is 16.5. The summed E-state index contributed by atoms with van der Waals surface area (Å²) in [6.07, 6.45) is 6.79. The Hall–Kier alpha value is -5.32. The number of benzene rings is 2. The molecule has 1 aliphatic rings. The van der Waals surface area contributed by atoms with E-state index in [4.69, 9.17) is 9.47 Å².